The van der Waals surface area contributed by atoms with E-state index in [9.17, 15) is 9.90 Å². The molecule has 0 unspecified atom stereocenters. The van der Waals surface area contributed by atoms with Crippen LogP contribution < -0.4 is 9.47 Å². The van der Waals surface area contributed by atoms with Crippen LogP contribution in [-0.2, 0) is 6.54 Å². The van der Waals surface area contributed by atoms with Crippen molar-refractivity contribution < 1.29 is 19.4 Å². The molecule has 0 spiro atoms. The van der Waals surface area contributed by atoms with Gasteiger partial charge in [-0.15, -0.1) is 0 Å². The summed E-state index contributed by atoms with van der Waals surface area (Å²) in [5.74, 6) is 1.09. The third kappa shape index (κ3) is 4.17. The fourth-order valence-electron chi connectivity index (χ4n) is 4.50. The summed E-state index contributed by atoms with van der Waals surface area (Å²) in [6, 6.07) is 15.9. The van der Waals surface area contributed by atoms with Crippen molar-refractivity contribution >= 4 is 5.91 Å². The second-order valence-corrected chi connectivity index (χ2v) is 8.31. The molecule has 0 aliphatic carbocycles. The van der Waals surface area contributed by atoms with Gasteiger partial charge >= 0.3 is 0 Å². The van der Waals surface area contributed by atoms with Gasteiger partial charge in [0, 0.05) is 30.1 Å². The van der Waals surface area contributed by atoms with E-state index in [2.05, 4.69) is 21.8 Å². The minimum absolute atomic E-state index is 0.0914. The van der Waals surface area contributed by atoms with Crippen molar-refractivity contribution in [3.63, 3.8) is 0 Å². The number of ether oxygens (including phenoxy) is 2. The van der Waals surface area contributed by atoms with Crippen LogP contribution in [-0.4, -0.2) is 44.3 Å². The zero-order chi connectivity index (χ0) is 25.1. The van der Waals surface area contributed by atoms with E-state index in [4.69, 9.17) is 9.47 Å². The molecule has 1 aliphatic rings. The molecule has 36 heavy (non-hydrogen) atoms. The molecule has 1 aliphatic heterocycles. The van der Waals surface area contributed by atoms with E-state index in [0.717, 1.165) is 11.1 Å². The van der Waals surface area contributed by atoms with Crippen LogP contribution in [0.3, 0.4) is 0 Å². The summed E-state index contributed by atoms with van der Waals surface area (Å²) in [5.41, 5.74) is 3.97. The fourth-order valence-corrected chi connectivity index (χ4v) is 4.50. The number of aromatic hydroxyl groups is 1. The summed E-state index contributed by atoms with van der Waals surface area (Å²) in [6.07, 6.45) is 5.09. The normalized spacial score (nSPS) is 14.5. The van der Waals surface area contributed by atoms with Gasteiger partial charge < -0.3 is 19.5 Å². The number of carbonyl (C=O) groups is 1. The summed E-state index contributed by atoms with van der Waals surface area (Å²) in [7, 11) is 0. The topological polar surface area (TPSA) is 101 Å². The van der Waals surface area contributed by atoms with Crippen molar-refractivity contribution in [1.82, 2.24) is 20.1 Å². The third-order valence-electron chi connectivity index (χ3n) is 6.07. The molecule has 3 heterocycles. The zero-order valence-electron chi connectivity index (χ0n) is 19.8. The lowest BCUT2D eigenvalue weighted by molar-refractivity contribution is 0.0729. The quantitative estimate of drug-likeness (QED) is 0.330. The second kappa shape index (κ2) is 9.95. The van der Waals surface area contributed by atoms with Crippen molar-refractivity contribution in [2.45, 2.75) is 19.5 Å². The Labute approximate surface area is 208 Å². The average molecular weight is 483 g/mol. The Bertz CT molecular complexity index is 1400. The van der Waals surface area contributed by atoms with Crippen LogP contribution in [0.2, 0.25) is 0 Å². The highest BCUT2D eigenvalue weighted by Crippen LogP contribution is 2.46. The highest BCUT2D eigenvalue weighted by molar-refractivity contribution is 6.00. The Balaban J connectivity index is 1.65. The minimum Gasteiger partial charge on any atom is -0.507 e. The number of phenolic OH excluding ortho intramolecular Hbond substituents is 1. The standard InChI is InChI=1S/C28H26N4O4/c1-3-15-36-22-10-9-19(16-23(22)35-4-2)27-24-25(20-7-5-6-8-21(20)33)30-31-26(24)28(34)32(27)17-18-11-13-29-14-12-18/h3,5-14,16,27,33H,1,4,15,17H2,2H3,(H,30,31)/t27-/m1/s1. The lowest BCUT2D eigenvalue weighted by atomic mass is 9.95. The number of amides is 1. The SMILES string of the molecule is C=CCOc1ccc([C@@H]2c3c(-c4ccccc4O)n[nH]c3C(=O)N2Cc2ccncc2)cc1OCC. The Morgan fingerprint density at radius 1 is 1.11 bits per heavy atom. The highest BCUT2D eigenvalue weighted by Gasteiger charge is 2.42. The number of pyridine rings is 1. The molecule has 0 fully saturated rings. The number of nitrogens with one attached hydrogen (secondary N) is 1. The largest absolute Gasteiger partial charge is 0.507 e. The van der Waals surface area contributed by atoms with Gasteiger partial charge in [-0.05, 0) is 54.4 Å². The molecule has 0 bridgehead atoms. The summed E-state index contributed by atoms with van der Waals surface area (Å²) < 4.78 is 11.7. The average Bonchev–Trinajstić information content (AvgIpc) is 3.43. The molecule has 8 heteroatoms. The van der Waals surface area contributed by atoms with Gasteiger partial charge in [0.2, 0.25) is 0 Å². The van der Waals surface area contributed by atoms with Crippen LogP contribution in [0, 0.1) is 0 Å². The van der Waals surface area contributed by atoms with Crippen LogP contribution in [0.15, 0.2) is 79.6 Å². The third-order valence-corrected chi connectivity index (χ3v) is 6.07. The fraction of sp³-hybridized carbons (Fsp3) is 0.179. The molecule has 1 amide bonds. The van der Waals surface area contributed by atoms with Gasteiger partial charge in [-0.1, -0.05) is 30.9 Å². The summed E-state index contributed by atoms with van der Waals surface area (Å²) in [5, 5.41) is 17.9. The van der Waals surface area contributed by atoms with Crippen molar-refractivity contribution in [3.8, 4) is 28.5 Å². The number of nitrogens with zero attached hydrogens (tertiary/aromatic N) is 3. The number of aromatic nitrogens is 3. The molecule has 2 aromatic carbocycles. The smallest absolute Gasteiger partial charge is 0.273 e. The first kappa shape index (κ1) is 23.2. The van der Waals surface area contributed by atoms with Gasteiger partial charge in [-0.25, -0.2) is 0 Å². The van der Waals surface area contributed by atoms with Gasteiger partial charge in [0.05, 0.1) is 12.6 Å². The number of fused-ring (bicyclic) bond motifs is 1. The number of aromatic amines is 1. The van der Waals surface area contributed by atoms with E-state index in [1.807, 2.05) is 43.3 Å². The number of H-pyrrole nitrogens is 1. The summed E-state index contributed by atoms with van der Waals surface area (Å²) >= 11 is 0. The van der Waals surface area contributed by atoms with E-state index in [1.165, 1.54) is 0 Å². The maximum Gasteiger partial charge on any atom is 0.273 e. The molecule has 0 saturated heterocycles. The number of hydrogen-bond donors (Lipinski definition) is 2. The molecular weight excluding hydrogens is 456 g/mol. The van der Waals surface area contributed by atoms with E-state index < -0.39 is 6.04 Å². The number of rotatable bonds is 9. The lowest BCUT2D eigenvalue weighted by Crippen LogP contribution is -2.29. The maximum absolute atomic E-state index is 13.6. The van der Waals surface area contributed by atoms with Crippen LogP contribution in [0.1, 0.15) is 40.1 Å². The first-order chi connectivity index (χ1) is 17.6. The Morgan fingerprint density at radius 2 is 1.92 bits per heavy atom. The number of para-hydroxylation sites is 1. The molecule has 0 radical (unpaired) electrons. The van der Waals surface area contributed by atoms with Gasteiger partial charge in [0.1, 0.15) is 23.7 Å². The molecule has 4 aromatic rings. The minimum atomic E-state index is -0.471. The monoisotopic (exact) mass is 482 g/mol. The van der Waals surface area contributed by atoms with Gasteiger partial charge in [0.25, 0.3) is 5.91 Å². The number of phenols is 1. The van der Waals surface area contributed by atoms with E-state index in [0.29, 0.717) is 53.8 Å². The van der Waals surface area contributed by atoms with Crippen LogP contribution in [0.25, 0.3) is 11.3 Å². The maximum atomic E-state index is 13.6. The lowest BCUT2D eigenvalue weighted by Gasteiger charge is -2.27. The van der Waals surface area contributed by atoms with Crippen molar-refractivity contribution in [2.75, 3.05) is 13.2 Å². The molecule has 8 nitrogen and oxygen atoms in total. The van der Waals surface area contributed by atoms with Gasteiger partial charge in [0.15, 0.2) is 11.5 Å². The summed E-state index contributed by atoms with van der Waals surface area (Å²) in [4.78, 5) is 19.5. The number of benzene rings is 2. The van der Waals surface area contributed by atoms with Crippen LogP contribution in [0.5, 0.6) is 17.2 Å². The molecule has 1 atom stereocenters. The molecule has 182 valence electrons. The Morgan fingerprint density at radius 3 is 2.67 bits per heavy atom. The molecular formula is C28H26N4O4. The van der Waals surface area contributed by atoms with Gasteiger partial charge in [-0.3, -0.25) is 14.9 Å². The van der Waals surface area contributed by atoms with Crippen molar-refractivity contribution in [1.29, 1.82) is 0 Å². The van der Waals surface area contributed by atoms with Crippen LogP contribution in [0.4, 0.5) is 0 Å². The Hall–Kier alpha value is -4.59. The highest BCUT2D eigenvalue weighted by atomic mass is 16.5. The first-order valence-corrected chi connectivity index (χ1v) is 11.7. The molecule has 2 aromatic heterocycles. The second-order valence-electron chi connectivity index (χ2n) is 8.31. The number of carbonyl (C=O) groups excluding carboxylic acids is 1. The first-order valence-electron chi connectivity index (χ1n) is 11.7. The van der Waals surface area contributed by atoms with Crippen molar-refractivity contribution in [2.24, 2.45) is 0 Å². The van der Waals surface area contributed by atoms with Crippen LogP contribution >= 0.6 is 0 Å². The Kier molecular flexibility index (Phi) is 6.40. The van der Waals surface area contributed by atoms with E-state index in [1.54, 1.807) is 41.6 Å². The van der Waals surface area contributed by atoms with E-state index >= 15 is 0 Å². The molecule has 5 rings (SSSR count). The molecule has 0 saturated carbocycles. The predicted octanol–water partition coefficient (Wildman–Crippen LogP) is 4.89. The van der Waals surface area contributed by atoms with Gasteiger partial charge in [-0.2, -0.15) is 5.10 Å². The summed E-state index contributed by atoms with van der Waals surface area (Å²) in [6.45, 7) is 6.79. The van der Waals surface area contributed by atoms with Crippen molar-refractivity contribution in [3.05, 3.63) is 102 Å². The van der Waals surface area contributed by atoms with E-state index in [-0.39, 0.29) is 11.7 Å². The zero-order valence-corrected chi connectivity index (χ0v) is 19.8. The number of hydrogen-bond acceptors (Lipinski definition) is 6. The molecule has 2 N–H and O–H groups in total. The predicted molar refractivity (Wildman–Crippen MR) is 135 cm³/mol.